The standard InChI is InChI=1S/C16H15N3O4/c1-7(2)10-5-13(23-19-10)9-4-15(20)17-11-6-14-12(3-8(9)11)18-16(21)22-14/h3,5-7,9H,4H2,1-2H3,(H,17,20)(H,18,21). The van der Waals surface area contributed by atoms with Crippen molar-refractivity contribution in [3.05, 3.63) is 45.8 Å². The van der Waals surface area contributed by atoms with Crippen molar-refractivity contribution in [2.75, 3.05) is 5.32 Å². The number of aromatic nitrogens is 2. The number of fused-ring (bicyclic) bond motifs is 2. The highest BCUT2D eigenvalue weighted by atomic mass is 16.5. The minimum Gasteiger partial charge on any atom is -0.408 e. The summed E-state index contributed by atoms with van der Waals surface area (Å²) < 4.78 is 10.5. The van der Waals surface area contributed by atoms with Crippen LogP contribution in [0.4, 0.5) is 5.69 Å². The molecule has 7 nitrogen and oxygen atoms in total. The third kappa shape index (κ3) is 2.25. The van der Waals surface area contributed by atoms with E-state index in [-0.39, 0.29) is 24.2 Å². The molecule has 0 aliphatic carbocycles. The van der Waals surface area contributed by atoms with E-state index in [2.05, 4.69) is 15.5 Å². The Morgan fingerprint density at radius 2 is 2.09 bits per heavy atom. The van der Waals surface area contributed by atoms with Crippen molar-refractivity contribution in [1.29, 1.82) is 0 Å². The molecule has 1 aliphatic heterocycles. The van der Waals surface area contributed by atoms with Gasteiger partial charge in [-0.1, -0.05) is 19.0 Å². The number of rotatable bonds is 2. The number of carbonyl (C=O) groups is 1. The lowest BCUT2D eigenvalue weighted by atomic mass is 9.88. The highest BCUT2D eigenvalue weighted by Gasteiger charge is 2.30. The number of hydrogen-bond donors (Lipinski definition) is 2. The van der Waals surface area contributed by atoms with Crippen LogP contribution in [-0.4, -0.2) is 16.0 Å². The van der Waals surface area contributed by atoms with Crippen molar-refractivity contribution in [2.45, 2.75) is 32.1 Å². The number of carbonyl (C=O) groups excluding carboxylic acids is 1. The highest BCUT2D eigenvalue weighted by Crippen LogP contribution is 2.39. The molecule has 118 valence electrons. The maximum atomic E-state index is 12.0. The monoisotopic (exact) mass is 313 g/mol. The molecule has 3 aromatic rings. The molecule has 1 aromatic carbocycles. The molecule has 0 saturated carbocycles. The first-order valence-corrected chi connectivity index (χ1v) is 7.44. The fourth-order valence-electron chi connectivity index (χ4n) is 2.90. The number of anilines is 1. The van der Waals surface area contributed by atoms with E-state index in [1.807, 2.05) is 26.0 Å². The average Bonchev–Trinajstić information content (AvgIpc) is 3.09. The second-order valence-electron chi connectivity index (χ2n) is 6.06. The Hall–Kier alpha value is -2.83. The highest BCUT2D eigenvalue weighted by molar-refractivity contribution is 5.97. The fourth-order valence-corrected chi connectivity index (χ4v) is 2.90. The molecule has 0 radical (unpaired) electrons. The van der Waals surface area contributed by atoms with Gasteiger partial charge in [-0.3, -0.25) is 9.78 Å². The smallest absolute Gasteiger partial charge is 0.408 e. The van der Waals surface area contributed by atoms with Gasteiger partial charge in [-0.25, -0.2) is 4.79 Å². The maximum Gasteiger partial charge on any atom is 0.417 e. The summed E-state index contributed by atoms with van der Waals surface area (Å²) in [6.45, 7) is 4.06. The lowest BCUT2D eigenvalue weighted by Gasteiger charge is -2.23. The second kappa shape index (κ2) is 4.84. The van der Waals surface area contributed by atoms with Crippen LogP contribution < -0.4 is 11.1 Å². The summed E-state index contributed by atoms with van der Waals surface area (Å²) in [5.41, 5.74) is 3.36. The van der Waals surface area contributed by atoms with Crippen molar-refractivity contribution in [3.8, 4) is 0 Å². The average molecular weight is 313 g/mol. The summed E-state index contributed by atoms with van der Waals surface area (Å²) in [5.74, 6) is 0.0304. The molecule has 3 heterocycles. The number of hydrogen-bond acceptors (Lipinski definition) is 5. The number of benzene rings is 1. The van der Waals surface area contributed by atoms with E-state index in [0.29, 0.717) is 22.5 Å². The van der Waals surface area contributed by atoms with Gasteiger partial charge in [0.1, 0.15) is 5.76 Å². The van der Waals surface area contributed by atoms with E-state index >= 15 is 0 Å². The normalized spacial score (nSPS) is 17.5. The van der Waals surface area contributed by atoms with E-state index < -0.39 is 5.76 Å². The molecule has 1 amide bonds. The zero-order valence-electron chi connectivity index (χ0n) is 12.7. The van der Waals surface area contributed by atoms with Gasteiger partial charge in [-0.2, -0.15) is 0 Å². The van der Waals surface area contributed by atoms with Crippen LogP contribution in [0.5, 0.6) is 0 Å². The third-order valence-electron chi connectivity index (χ3n) is 4.11. The summed E-state index contributed by atoms with van der Waals surface area (Å²) >= 11 is 0. The molecule has 1 unspecified atom stereocenters. The van der Waals surface area contributed by atoms with Crippen molar-refractivity contribution in [3.63, 3.8) is 0 Å². The van der Waals surface area contributed by atoms with E-state index in [9.17, 15) is 9.59 Å². The first-order chi connectivity index (χ1) is 11.0. The fraction of sp³-hybridized carbons (Fsp3) is 0.312. The molecule has 1 atom stereocenters. The molecular weight excluding hydrogens is 298 g/mol. The summed E-state index contributed by atoms with van der Waals surface area (Å²) in [4.78, 5) is 26.0. The molecular formula is C16H15N3O4. The summed E-state index contributed by atoms with van der Waals surface area (Å²) in [5, 5.41) is 6.89. The molecule has 4 rings (SSSR count). The van der Waals surface area contributed by atoms with E-state index in [1.165, 1.54) is 0 Å². The van der Waals surface area contributed by atoms with Gasteiger partial charge in [0.15, 0.2) is 5.58 Å². The molecule has 0 fully saturated rings. The molecule has 23 heavy (non-hydrogen) atoms. The molecule has 7 heteroatoms. The Kier molecular flexibility index (Phi) is 2.90. The Labute approximate surface area is 130 Å². The predicted octanol–water partition coefficient (Wildman–Crippen LogP) is 2.71. The maximum absolute atomic E-state index is 12.0. The quantitative estimate of drug-likeness (QED) is 0.757. The molecule has 0 spiro atoms. The van der Waals surface area contributed by atoms with Crippen LogP contribution in [0.3, 0.4) is 0 Å². The molecule has 2 N–H and O–H groups in total. The first kappa shape index (κ1) is 13.8. The van der Waals surface area contributed by atoms with Gasteiger partial charge in [-0.15, -0.1) is 0 Å². The minimum absolute atomic E-state index is 0.109. The third-order valence-corrected chi connectivity index (χ3v) is 4.11. The number of nitrogens with zero attached hydrogens (tertiary/aromatic N) is 1. The zero-order valence-corrected chi connectivity index (χ0v) is 12.7. The van der Waals surface area contributed by atoms with Crippen LogP contribution >= 0.6 is 0 Å². The SMILES string of the molecule is CC(C)c1cc(C2CC(=O)Nc3cc4oc(=O)[nH]c4cc32)on1. The number of amides is 1. The zero-order chi connectivity index (χ0) is 16.1. The van der Waals surface area contributed by atoms with Crippen LogP contribution in [0.25, 0.3) is 11.1 Å². The molecule has 1 aliphatic rings. The number of aromatic amines is 1. The van der Waals surface area contributed by atoms with Crippen LogP contribution in [0.1, 0.15) is 49.1 Å². The van der Waals surface area contributed by atoms with Crippen LogP contribution in [0, 0.1) is 0 Å². The van der Waals surface area contributed by atoms with E-state index in [4.69, 9.17) is 8.94 Å². The van der Waals surface area contributed by atoms with Gasteiger partial charge >= 0.3 is 5.76 Å². The lowest BCUT2D eigenvalue weighted by Crippen LogP contribution is -2.23. The number of H-pyrrole nitrogens is 1. The van der Waals surface area contributed by atoms with Crippen LogP contribution in [-0.2, 0) is 4.79 Å². The van der Waals surface area contributed by atoms with Crippen molar-refractivity contribution in [2.24, 2.45) is 0 Å². The van der Waals surface area contributed by atoms with Gasteiger partial charge in [0.25, 0.3) is 0 Å². The molecule has 0 bridgehead atoms. The molecule has 0 saturated heterocycles. The summed E-state index contributed by atoms with van der Waals surface area (Å²) in [6.07, 6.45) is 0.271. The lowest BCUT2D eigenvalue weighted by molar-refractivity contribution is -0.116. The van der Waals surface area contributed by atoms with Crippen molar-refractivity contribution < 1.29 is 13.7 Å². The summed E-state index contributed by atoms with van der Waals surface area (Å²) in [6, 6.07) is 5.36. The van der Waals surface area contributed by atoms with Crippen molar-refractivity contribution >= 4 is 22.7 Å². The predicted molar refractivity (Wildman–Crippen MR) is 82.5 cm³/mol. The van der Waals surface area contributed by atoms with Gasteiger partial charge in [0.05, 0.1) is 17.1 Å². The van der Waals surface area contributed by atoms with Crippen LogP contribution in [0.15, 0.2) is 31.9 Å². The Balaban J connectivity index is 1.86. The first-order valence-electron chi connectivity index (χ1n) is 7.44. The van der Waals surface area contributed by atoms with E-state index in [0.717, 1.165) is 11.3 Å². The molecule has 2 aromatic heterocycles. The largest absolute Gasteiger partial charge is 0.417 e. The number of nitrogens with one attached hydrogen (secondary N) is 2. The van der Waals surface area contributed by atoms with Gasteiger partial charge < -0.3 is 14.3 Å². The Bertz CT molecular complexity index is 963. The van der Waals surface area contributed by atoms with Gasteiger partial charge in [-0.05, 0) is 17.5 Å². The number of oxazole rings is 1. The second-order valence-corrected chi connectivity index (χ2v) is 6.06. The topological polar surface area (TPSA) is 101 Å². The minimum atomic E-state index is -0.521. The summed E-state index contributed by atoms with van der Waals surface area (Å²) in [7, 11) is 0. The van der Waals surface area contributed by atoms with Gasteiger partial charge in [0.2, 0.25) is 5.91 Å². The van der Waals surface area contributed by atoms with Gasteiger partial charge in [0, 0.05) is 24.2 Å². The Morgan fingerprint density at radius 1 is 1.26 bits per heavy atom. The van der Waals surface area contributed by atoms with E-state index in [1.54, 1.807) is 6.07 Å². The van der Waals surface area contributed by atoms with Crippen molar-refractivity contribution in [1.82, 2.24) is 10.1 Å². The Morgan fingerprint density at radius 3 is 2.83 bits per heavy atom. The van der Waals surface area contributed by atoms with Crippen LogP contribution in [0.2, 0.25) is 0 Å².